The minimum atomic E-state index is -6.88. The number of unbranched alkanes of at least 4 members (excludes halogenated alkanes) is 5. The van der Waals surface area contributed by atoms with E-state index >= 15 is 4.39 Å². The first kappa shape index (κ1) is 39.0. The van der Waals surface area contributed by atoms with E-state index in [0.717, 1.165) is 36.8 Å². The predicted octanol–water partition coefficient (Wildman–Crippen LogP) is 9.71. The number of hydrogen-bond acceptors (Lipinski definition) is 3. The standard InChI is InChI=1S/C34H47F10NO3/c1-30-20-26(35)29-24-12-11-23(46)19-22(24)18-21(28(29)25(30)13-14-27(30)47)10-6-5-9-17-45(2,48)16-8-4-3-7-15-31(36,37)32(38,39)33(40,41)34(42,43)44/h11-12,19,21,25-29,46-47H,3-10,13-18,20H2,1-2H3/t21-,25+,26+,27+,28+,29+,30+,45?/m1/s1. The maximum Gasteiger partial charge on any atom is 0.460 e. The first-order chi connectivity index (χ1) is 22.1. The summed E-state index contributed by atoms with van der Waals surface area (Å²) in [6.07, 6.45) is -5.44. The van der Waals surface area contributed by atoms with E-state index < -0.39 is 59.1 Å². The van der Waals surface area contributed by atoms with Crippen molar-refractivity contribution in [2.75, 3.05) is 20.1 Å². The maximum absolute atomic E-state index is 15.9. The van der Waals surface area contributed by atoms with Crippen LogP contribution in [-0.4, -0.2) is 71.2 Å². The number of phenols is 1. The molecule has 2 saturated carbocycles. The number of aliphatic hydroxyl groups is 1. The summed E-state index contributed by atoms with van der Waals surface area (Å²) < 4.78 is 132. The summed E-state index contributed by atoms with van der Waals surface area (Å²) in [5, 5.41) is 33.8. The summed E-state index contributed by atoms with van der Waals surface area (Å²) >= 11 is 0. The second-order valence-electron chi connectivity index (χ2n) is 15.0. The number of nitrogens with zero attached hydrogens (tertiary/aromatic N) is 1. The van der Waals surface area contributed by atoms with Crippen LogP contribution in [0.1, 0.15) is 101 Å². The summed E-state index contributed by atoms with van der Waals surface area (Å²) in [5.74, 6) is -18.8. The smallest absolute Gasteiger partial charge is 0.460 e. The van der Waals surface area contributed by atoms with E-state index in [1.807, 2.05) is 13.0 Å². The molecule has 8 atom stereocenters. The van der Waals surface area contributed by atoms with Crippen molar-refractivity contribution in [1.29, 1.82) is 0 Å². The van der Waals surface area contributed by atoms with Crippen LogP contribution in [0, 0.1) is 28.4 Å². The monoisotopic (exact) mass is 707 g/mol. The van der Waals surface area contributed by atoms with Crippen LogP contribution < -0.4 is 0 Å². The van der Waals surface area contributed by atoms with Crippen molar-refractivity contribution in [3.63, 3.8) is 0 Å². The highest BCUT2D eigenvalue weighted by Gasteiger charge is 2.81. The van der Waals surface area contributed by atoms with Gasteiger partial charge in [-0.05, 0) is 111 Å². The molecule has 14 heteroatoms. The van der Waals surface area contributed by atoms with Crippen molar-refractivity contribution < 1.29 is 58.8 Å². The zero-order chi connectivity index (χ0) is 35.9. The fraction of sp³-hybridized carbons (Fsp3) is 0.824. The van der Waals surface area contributed by atoms with Gasteiger partial charge in [0.25, 0.3) is 0 Å². The van der Waals surface area contributed by atoms with Crippen LogP contribution in [0.15, 0.2) is 18.2 Å². The number of halogens is 10. The molecule has 3 aliphatic rings. The lowest BCUT2D eigenvalue weighted by Gasteiger charge is -2.54. The zero-order valence-electron chi connectivity index (χ0n) is 27.3. The van der Waals surface area contributed by atoms with Gasteiger partial charge in [0.1, 0.15) is 11.9 Å². The quantitative estimate of drug-likeness (QED) is 0.0826. The molecule has 1 aromatic carbocycles. The number of phenolic OH excluding ortho intramolecular Hbond substituents is 1. The van der Waals surface area contributed by atoms with E-state index in [4.69, 9.17) is 0 Å². The lowest BCUT2D eigenvalue weighted by Crippen LogP contribution is -2.60. The summed E-state index contributed by atoms with van der Waals surface area (Å²) in [7, 11) is 1.44. The average Bonchev–Trinajstić information content (AvgIpc) is 3.26. The molecule has 0 aliphatic heterocycles. The molecule has 0 amide bonds. The highest BCUT2D eigenvalue weighted by molar-refractivity contribution is 5.41. The van der Waals surface area contributed by atoms with Gasteiger partial charge in [-0.3, -0.25) is 0 Å². The number of quaternary nitrogens is 1. The third-order valence-corrected chi connectivity index (χ3v) is 11.6. The SMILES string of the molecule is C[C@]12C[C@H](F)[C@@H]3c4ccc(O)cc4C[C@@H](CCCCC[N+](C)([O-])CCCCCCC(F)(F)C(F)(F)C(F)(F)C(F)(F)F)[C@H]3[C@@H]1CC[C@@H]2O. The van der Waals surface area contributed by atoms with Gasteiger partial charge in [-0.1, -0.05) is 25.8 Å². The van der Waals surface area contributed by atoms with E-state index in [0.29, 0.717) is 25.7 Å². The molecular formula is C34H47F10NO3. The van der Waals surface area contributed by atoms with Crippen molar-refractivity contribution in [2.24, 2.45) is 23.2 Å². The van der Waals surface area contributed by atoms with Gasteiger partial charge in [-0.25, -0.2) is 4.39 Å². The van der Waals surface area contributed by atoms with Crippen LogP contribution in [0.4, 0.5) is 43.9 Å². The van der Waals surface area contributed by atoms with Gasteiger partial charge in [0.05, 0.1) is 26.2 Å². The number of fused-ring (bicyclic) bond motifs is 5. The number of aliphatic hydroxyl groups excluding tert-OH is 1. The van der Waals surface area contributed by atoms with Gasteiger partial charge in [-0.15, -0.1) is 0 Å². The molecule has 3 aliphatic carbocycles. The summed E-state index contributed by atoms with van der Waals surface area (Å²) in [4.78, 5) is 0. The minimum absolute atomic E-state index is 0.0563. The van der Waals surface area contributed by atoms with Crippen LogP contribution in [0.2, 0.25) is 0 Å². The maximum atomic E-state index is 15.9. The second-order valence-corrected chi connectivity index (χ2v) is 15.0. The van der Waals surface area contributed by atoms with E-state index in [1.165, 1.54) is 7.05 Å². The Labute approximate surface area is 275 Å². The predicted molar refractivity (Wildman–Crippen MR) is 160 cm³/mol. The summed E-state index contributed by atoms with van der Waals surface area (Å²) in [6, 6.07) is 5.15. The number of rotatable bonds is 15. The number of hydrogen-bond donors (Lipinski definition) is 2. The van der Waals surface area contributed by atoms with Crippen molar-refractivity contribution in [3.8, 4) is 5.75 Å². The summed E-state index contributed by atoms with van der Waals surface area (Å²) in [5.41, 5.74) is 1.41. The molecule has 0 saturated heterocycles. The van der Waals surface area contributed by atoms with Crippen molar-refractivity contribution in [3.05, 3.63) is 34.5 Å². The van der Waals surface area contributed by atoms with Gasteiger partial charge in [0, 0.05) is 12.3 Å². The molecule has 0 spiro atoms. The van der Waals surface area contributed by atoms with Gasteiger partial charge in [-0.2, -0.15) is 39.5 Å². The third kappa shape index (κ3) is 7.60. The Hall–Kier alpha value is -1.80. The topological polar surface area (TPSA) is 63.5 Å². The van der Waals surface area contributed by atoms with Crippen molar-refractivity contribution in [2.45, 2.75) is 133 Å². The third-order valence-electron chi connectivity index (χ3n) is 11.6. The van der Waals surface area contributed by atoms with Gasteiger partial charge in [0.2, 0.25) is 0 Å². The lowest BCUT2D eigenvalue weighted by atomic mass is 9.51. The van der Waals surface area contributed by atoms with Crippen LogP contribution >= 0.6 is 0 Å². The molecule has 4 nitrogen and oxygen atoms in total. The van der Waals surface area contributed by atoms with Gasteiger partial charge < -0.3 is 20.1 Å². The first-order valence-electron chi connectivity index (χ1n) is 17.0. The fourth-order valence-corrected chi connectivity index (χ4v) is 8.89. The van der Waals surface area contributed by atoms with Crippen LogP contribution in [0.3, 0.4) is 0 Å². The minimum Gasteiger partial charge on any atom is -0.633 e. The number of benzene rings is 1. The van der Waals surface area contributed by atoms with Crippen LogP contribution in [0.25, 0.3) is 0 Å². The van der Waals surface area contributed by atoms with Crippen molar-refractivity contribution >= 4 is 0 Å². The second kappa shape index (κ2) is 14.1. The number of alkyl halides is 10. The van der Waals surface area contributed by atoms with E-state index in [2.05, 4.69) is 0 Å². The normalized spacial score (nSPS) is 30.8. The summed E-state index contributed by atoms with van der Waals surface area (Å²) in [6.45, 7) is 2.34. The Balaban J connectivity index is 1.22. The Kier molecular flexibility index (Phi) is 11.4. The van der Waals surface area contributed by atoms with E-state index in [1.54, 1.807) is 12.1 Å². The highest BCUT2D eigenvalue weighted by Crippen LogP contribution is 2.63. The van der Waals surface area contributed by atoms with Crippen LogP contribution in [-0.2, 0) is 6.42 Å². The molecular weight excluding hydrogens is 660 g/mol. The molecule has 0 aromatic heterocycles. The fourth-order valence-electron chi connectivity index (χ4n) is 8.89. The molecule has 2 fully saturated rings. The Morgan fingerprint density at radius 1 is 0.875 bits per heavy atom. The van der Waals surface area contributed by atoms with Gasteiger partial charge in [0.15, 0.2) is 0 Å². The lowest BCUT2D eigenvalue weighted by molar-refractivity contribution is -0.861. The van der Waals surface area contributed by atoms with Crippen LogP contribution in [0.5, 0.6) is 5.75 Å². The molecule has 1 unspecified atom stereocenters. The Bertz CT molecular complexity index is 1240. The first-order valence-corrected chi connectivity index (χ1v) is 17.0. The van der Waals surface area contributed by atoms with E-state index in [-0.39, 0.29) is 61.8 Å². The molecule has 4 rings (SSSR count). The largest absolute Gasteiger partial charge is 0.633 e. The Morgan fingerprint density at radius 2 is 1.48 bits per heavy atom. The number of hydroxylamine groups is 3. The average molecular weight is 708 g/mol. The molecule has 1 aromatic rings. The molecule has 276 valence electrons. The molecule has 0 bridgehead atoms. The van der Waals surface area contributed by atoms with Crippen molar-refractivity contribution in [1.82, 2.24) is 0 Å². The molecule has 0 heterocycles. The molecule has 48 heavy (non-hydrogen) atoms. The van der Waals surface area contributed by atoms with Gasteiger partial charge >= 0.3 is 23.9 Å². The Morgan fingerprint density at radius 3 is 2.10 bits per heavy atom. The van der Waals surface area contributed by atoms with E-state index in [9.17, 15) is 54.9 Å². The highest BCUT2D eigenvalue weighted by atomic mass is 19.4. The number of aromatic hydroxyl groups is 1. The molecule has 2 N–H and O–H groups in total. The zero-order valence-corrected chi connectivity index (χ0v) is 27.3. The molecule has 0 radical (unpaired) electrons.